The molecule has 98 valence electrons. The molecule has 2 N–H and O–H groups in total. The summed E-state index contributed by atoms with van der Waals surface area (Å²) in [6, 6.07) is 5.38. The second kappa shape index (κ2) is 6.58. The zero-order valence-electron chi connectivity index (χ0n) is 9.51. The van der Waals surface area contributed by atoms with E-state index in [9.17, 15) is 14.0 Å². The Morgan fingerprint density at radius 2 is 1.72 bits per heavy atom. The van der Waals surface area contributed by atoms with Gasteiger partial charge in [-0.1, -0.05) is 0 Å². The lowest BCUT2D eigenvalue weighted by Gasteiger charge is -2.08. The van der Waals surface area contributed by atoms with E-state index in [0.29, 0.717) is 12.2 Å². The zero-order chi connectivity index (χ0) is 13.5. The molecule has 1 aromatic rings. The molecule has 5 nitrogen and oxygen atoms in total. The molecular weight excluding hydrogens is 243 g/mol. The number of hydrogen-bond donors (Lipinski definition) is 2. The van der Waals surface area contributed by atoms with Gasteiger partial charge < -0.3 is 14.9 Å². The van der Waals surface area contributed by atoms with Gasteiger partial charge in [-0.05, 0) is 37.1 Å². The van der Waals surface area contributed by atoms with Gasteiger partial charge in [0.2, 0.25) is 0 Å². The topological polar surface area (TPSA) is 83.8 Å². The maximum absolute atomic E-state index is 12.6. The standard InChI is InChI=1S/C12H13FO5/c13-8-3-5-9(6-4-8)18-7-1-2-10(11(14)15)12(16)17/h3-6,10H,1-2,7H2,(H,14,15)(H,16,17). The lowest BCUT2D eigenvalue weighted by molar-refractivity contribution is -0.154. The van der Waals surface area contributed by atoms with Crippen LogP contribution in [0.3, 0.4) is 0 Å². The molecule has 0 saturated heterocycles. The van der Waals surface area contributed by atoms with Crippen LogP contribution >= 0.6 is 0 Å². The van der Waals surface area contributed by atoms with Crippen LogP contribution < -0.4 is 4.74 Å². The van der Waals surface area contributed by atoms with E-state index < -0.39 is 17.9 Å². The molecule has 0 radical (unpaired) electrons. The average Bonchev–Trinajstić information content (AvgIpc) is 2.30. The summed E-state index contributed by atoms with van der Waals surface area (Å²) in [5, 5.41) is 17.3. The second-order valence-electron chi connectivity index (χ2n) is 3.67. The van der Waals surface area contributed by atoms with Crippen molar-refractivity contribution in [2.45, 2.75) is 12.8 Å². The molecule has 0 atom stereocenters. The first-order chi connectivity index (χ1) is 8.50. The highest BCUT2D eigenvalue weighted by Crippen LogP contribution is 2.13. The smallest absolute Gasteiger partial charge is 0.317 e. The summed E-state index contributed by atoms with van der Waals surface area (Å²) in [6.07, 6.45) is 0.284. The SMILES string of the molecule is O=C(O)C(CCCOc1ccc(F)cc1)C(=O)O. The average molecular weight is 256 g/mol. The summed E-state index contributed by atoms with van der Waals surface area (Å²) < 4.78 is 17.8. The Labute approximate surface area is 103 Å². The van der Waals surface area contributed by atoms with Gasteiger partial charge in [0.1, 0.15) is 11.6 Å². The van der Waals surface area contributed by atoms with E-state index in [1.165, 1.54) is 24.3 Å². The normalized spacial score (nSPS) is 10.3. The van der Waals surface area contributed by atoms with E-state index >= 15 is 0 Å². The summed E-state index contributed by atoms with van der Waals surface area (Å²) in [4.78, 5) is 21.2. The number of benzene rings is 1. The number of hydrogen-bond acceptors (Lipinski definition) is 3. The Balaban J connectivity index is 2.32. The summed E-state index contributed by atoms with van der Waals surface area (Å²) in [6.45, 7) is 0.183. The lowest BCUT2D eigenvalue weighted by Crippen LogP contribution is -2.23. The molecule has 0 amide bonds. The predicted octanol–water partition coefficient (Wildman–Crippen LogP) is 1.77. The van der Waals surface area contributed by atoms with Crippen molar-refractivity contribution in [3.63, 3.8) is 0 Å². The van der Waals surface area contributed by atoms with Gasteiger partial charge >= 0.3 is 11.9 Å². The molecular formula is C12H13FO5. The fraction of sp³-hybridized carbons (Fsp3) is 0.333. The van der Waals surface area contributed by atoms with E-state index in [4.69, 9.17) is 14.9 Å². The molecule has 0 aromatic heterocycles. The van der Waals surface area contributed by atoms with Crippen molar-refractivity contribution < 1.29 is 28.9 Å². The van der Waals surface area contributed by atoms with E-state index in [1.807, 2.05) is 0 Å². The molecule has 0 saturated carbocycles. The highest BCUT2D eigenvalue weighted by Gasteiger charge is 2.24. The first-order valence-electron chi connectivity index (χ1n) is 5.34. The molecule has 0 unspecified atom stereocenters. The Morgan fingerprint density at radius 1 is 1.17 bits per heavy atom. The number of carboxylic acids is 2. The maximum Gasteiger partial charge on any atom is 0.317 e. The van der Waals surface area contributed by atoms with E-state index in [-0.39, 0.29) is 18.8 Å². The minimum atomic E-state index is -1.41. The molecule has 0 aliphatic carbocycles. The third-order valence-corrected chi connectivity index (χ3v) is 2.32. The van der Waals surface area contributed by atoms with Gasteiger partial charge in [0.15, 0.2) is 5.92 Å². The minimum Gasteiger partial charge on any atom is -0.494 e. The van der Waals surface area contributed by atoms with Crippen molar-refractivity contribution in [1.82, 2.24) is 0 Å². The van der Waals surface area contributed by atoms with Crippen molar-refractivity contribution in [3.05, 3.63) is 30.1 Å². The molecule has 1 rings (SSSR count). The lowest BCUT2D eigenvalue weighted by atomic mass is 10.0. The van der Waals surface area contributed by atoms with Gasteiger partial charge in [-0.3, -0.25) is 9.59 Å². The summed E-state index contributed by atoms with van der Waals surface area (Å²) >= 11 is 0. The largest absolute Gasteiger partial charge is 0.494 e. The molecule has 0 fully saturated rings. The Hall–Kier alpha value is -2.11. The molecule has 0 aliphatic rings. The van der Waals surface area contributed by atoms with Crippen LogP contribution in [0.5, 0.6) is 5.75 Å². The van der Waals surface area contributed by atoms with Gasteiger partial charge in [-0.25, -0.2) is 4.39 Å². The Bertz CT molecular complexity index is 401. The van der Waals surface area contributed by atoms with Gasteiger partial charge in [-0.15, -0.1) is 0 Å². The fourth-order valence-corrected chi connectivity index (χ4v) is 1.36. The first kappa shape index (κ1) is 14.0. The second-order valence-corrected chi connectivity index (χ2v) is 3.67. The van der Waals surface area contributed by atoms with Crippen LogP contribution in [0.15, 0.2) is 24.3 Å². The minimum absolute atomic E-state index is 0.00807. The summed E-state index contributed by atoms with van der Waals surface area (Å²) in [5.74, 6) is -4.05. The molecule has 6 heteroatoms. The first-order valence-corrected chi connectivity index (χ1v) is 5.34. The van der Waals surface area contributed by atoms with Gasteiger partial charge in [0.05, 0.1) is 6.61 Å². The van der Waals surface area contributed by atoms with Crippen molar-refractivity contribution in [2.24, 2.45) is 5.92 Å². The molecule has 0 heterocycles. The van der Waals surface area contributed by atoms with E-state index in [0.717, 1.165) is 0 Å². The summed E-state index contributed by atoms with van der Waals surface area (Å²) in [5.41, 5.74) is 0. The predicted molar refractivity (Wildman–Crippen MR) is 59.9 cm³/mol. The number of aliphatic carboxylic acids is 2. The fourth-order valence-electron chi connectivity index (χ4n) is 1.36. The summed E-state index contributed by atoms with van der Waals surface area (Å²) in [7, 11) is 0. The van der Waals surface area contributed by atoms with E-state index in [1.54, 1.807) is 0 Å². The van der Waals surface area contributed by atoms with Crippen molar-refractivity contribution in [2.75, 3.05) is 6.61 Å². The maximum atomic E-state index is 12.6. The van der Waals surface area contributed by atoms with Crippen molar-refractivity contribution in [1.29, 1.82) is 0 Å². The number of carboxylic acid groups (broad SMARTS) is 2. The highest BCUT2D eigenvalue weighted by molar-refractivity contribution is 5.92. The molecule has 0 aliphatic heterocycles. The third-order valence-electron chi connectivity index (χ3n) is 2.32. The zero-order valence-corrected chi connectivity index (χ0v) is 9.51. The number of rotatable bonds is 7. The number of ether oxygens (including phenoxy) is 1. The van der Waals surface area contributed by atoms with Crippen LogP contribution in [0.4, 0.5) is 4.39 Å². The van der Waals surface area contributed by atoms with Crippen LogP contribution in [0, 0.1) is 11.7 Å². The molecule has 18 heavy (non-hydrogen) atoms. The van der Waals surface area contributed by atoms with Crippen LogP contribution in [0.1, 0.15) is 12.8 Å². The van der Waals surface area contributed by atoms with Crippen LogP contribution in [-0.2, 0) is 9.59 Å². The Kier molecular flexibility index (Phi) is 5.10. The Morgan fingerprint density at radius 3 is 2.22 bits per heavy atom. The van der Waals surface area contributed by atoms with Crippen molar-refractivity contribution >= 4 is 11.9 Å². The van der Waals surface area contributed by atoms with Gasteiger partial charge in [-0.2, -0.15) is 0 Å². The highest BCUT2D eigenvalue weighted by atomic mass is 19.1. The van der Waals surface area contributed by atoms with Gasteiger partial charge in [0.25, 0.3) is 0 Å². The molecule has 1 aromatic carbocycles. The third kappa shape index (κ3) is 4.40. The van der Waals surface area contributed by atoms with Crippen LogP contribution in [0.2, 0.25) is 0 Å². The molecule has 0 spiro atoms. The quantitative estimate of drug-likeness (QED) is 0.573. The number of halogens is 1. The van der Waals surface area contributed by atoms with Crippen LogP contribution in [-0.4, -0.2) is 28.8 Å². The van der Waals surface area contributed by atoms with E-state index in [2.05, 4.69) is 0 Å². The van der Waals surface area contributed by atoms with Crippen LogP contribution in [0.25, 0.3) is 0 Å². The monoisotopic (exact) mass is 256 g/mol. The van der Waals surface area contributed by atoms with Crippen molar-refractivity contribution in [3.8, 4) is 5.75 Å². The van der Waals surface area contributed by atoms with Gasteiger partial charge in [0, 0.05) is 0 Å². The number of carbonyl (C=O) groups is 2. The molecule has 0 bridgehead atoms.